The monoisotopic (exact) mass is 425 g/mol. The number of nitrogens with zero attached hydrogens (tertiary/aromatic N) is 1. The molecule has 1 heterocycles. The van der Waals surface area contributed by atoms with Crippen molar-refractivity contribution in [1.29, 1.82) is 0 Å². The molecule has 0 spiro atoms. The molecule has 30 heavy (non-hydrogen) atoms. The van der Waals surface area contributed by atoms with Crippen LogP contribution in [-0.2, 0) is 9.59 Å². The first kappa shape index (κ1) is 20.5. The summed E-state index contributed by atoms with van der Waals surface area (Å²) in [6.45, 7) is 1.95. The number of rotatable bonds is 4. The second kappa shape index (κ2) is 8.15. The summed E-state index contributed by atoms with van der Waals surface area (Å²) in [6, 6.07) is 11.9. The standard InChI is InChI=1S/C24H24ClNO4/c1-14-7-3-6-10-17(14)21-20(22(27)15-11-12-19(30-2)18(25)13-15)23(28)24(29)26(21)16-8-4-5-9-16/h3,6-7,10-13,16,21,27H,4-5,8-9H2,1-2H3/b22-20+. The lowest BCUT2D eigenvalue weighted by Gasteiger charge is -2.31. The number of hydrogen-bond acceptors (Lipinski definition) is 4. The SMILES string of the molecule is COc1ccc(/C(O)=C2\C(=O)C(=O)N(C3CCCC3)C2c2ccccc2C)cc1Cl. The summed E-state index contributed by atoms with van der Waals surface area (Å²) in [5, 5.41) is 11.5. The maximum atomic E-state index is 13.1. The van der Waals surface area contributed by atoms with E-state index in [2.05, 4.69) is 0 Å². The summed E-state index contributed by atoms with van der Waals surface area (Å²) in [7, 11) is 1.51. The van der Waals surface area contributed by atoms with Crippen molar-refractivity contribution in [3.05, 3.63) is 69.8 Å². The molecule has 0 radical (unpaired) electrons. The number of hydrogen-bond donors (Lipinski definition) is 1. The molecular weight excluding hydrogens is 402 g/mol. The number of ketones is 1. The zero-order valence-corrected chi connectivity index (χ0v) is 17.8. The quantitative estimate of drug-likeness (QED) is 0.424. The molecule has 0 aromatic heterocycles. The van der Waals surface area contributed by atoms with E-state index in [0.29, 0.717) is 16.3 Å². The van der Waals surface area contributed by atoms with Crippen LogP contribution in [0.1, 0.15) is 48.4 Å². The van der Waals surface area contributed by atoms with Gasteiger partial charge in [0.15, 0.2) is 0 Å². The van der Waals surface area contributed by atoms with Crippen LogP contribution in [-0.4, -0.2) is 34.8 Å². The summed E-state index contributed by atoms with van der Waals surface area (Å²) in [4.78, 5) is 27.9. The van der Waals surface area contributed by atoms with Crippen LogP contribution in [0, 0.1) is 6.92 Å². The fourth-order valence-electron chi connectivity index (χ4n) is 4.58. The van der Waals surface area contributed by atoms with E-state index in [4.69, 9.17) is 16.3 Å². The third-order valence-corrected chi connectivity index (χ3v) is 6.40. The van der Waals surface area contributed by atoms with E-state index in [-0.39, 0.29) is 17.4 Å². The predicted molar refractivity (Wildman–Crippen MR) is 116 cm³/mol. The average molecular weight is 426 g/mol. The number of aliphatic hydroxyl groups is 1. The van der Waals surface area contributed by atoms with Crippen LogP contribution >= 0.6 is 11.6 Å². The van der Waals surface area contributed by atoms with Gasteiger partial charge in [-0.05, 0) is 49.1 Å². The molecule has 156 valence electrons. The molecule has 1 aliphatic carbocycles. The molecule has 4 rings (SSSR count). The van der Waals surface area contributed by atoms with Crippen LogP contribution in [0.3, 0.4) is 0 Å². The Labute approximate surface area is 180 Å². The Balaban J connectivity index is 1.90. The number of aliphatic hydroxyl groups excluding tert-OH is 1. The van der Waals surface area contributed by atoms with Gasteiger partial charge in [-0.2, -0.15) is 0 Å². The number of carbonyl (C=O) groups excluding carboxylic acids is 2. The molecular formula is C24H24ClNO4. The molecule has 1 atom stereocenters. The number of aryl methyl sites for hydroxylation is 1. The normalized spacial score (nSPS) is 21.4. The van der Waals surface area contributed by atoms with Gasteiger partial charge >= 0.3 is 0 Å². The Bertz CT molecular complexity index is 1040. The number of benzene rings is 2. The van der Waals surface area contributed by atoms with Gasteiger partial charge in [-0.15, -0.1) is 0 Å². The highest BCUT2D eigenvalue weighted by Crippen LogP contribution is 2.44. The first-order valence-electron chi connectivity index (χ1n) is 10.1. The molecule has 1 saturated carbocycles. The Kier molecular flexibility index (Phi) is 5.56. The van der Waals surface area contributed by atoms with E-state index in [1.54, 1.807) is 23.1 Å². The number of ether oxygens (including phenoxy) is 1. The number of halogens is 1. The van der Waals surface area contributed by atoms with Crippen LogP contribution in [0.15, 0.2) is 48.0 Å². The third kappa shape index (κ3) is 3.37. The number of carbonyl (C=O) groups is 2. The molecule has 2 aromatic carbocycles. The predicted octanol–water partition coefficient (Wildman–Crippen LogP) is 5.02. The minimum atomic E-state index is -0.653. The number of methoxy groups -OCH3 is 1. The smallest absolute Gasteiger partial charge is 0.295 e. The van der Waals surface area contributed by atoms with E-state index < -0.39 is 17.7 Å². The Morgan fingerprint density at radius 1 is 1.13 bits per heavy atom. The summed E-state index contributed by atoms with van der Waals surface area (Å²) in [5.41, 5.74) is 2.31. The summed E-state index contributed by atoms with van der Waals surface area (Å²) in [5.74, 6) is -0.947. The van der Waals surface area contributed by atoms with Crippen molar-refractivity contribution in [2.24, 2.45) is 0 Å². The van der Waals surface area contributed by atoms with Gasteiger partial charge in [0.25, 0.3) is 11.7 Å². The molecule has 1 unspecified atom stereocenters. The molecule has 1 aliphatic heterocycles. The summed E-state index contributed by atoms with van der Waals surface area (Å²) in [6.07, 6.45) is 3.79. The maximum absolute atomic E-state index is 13.1. The van der Waals surface area contributed by atoms with Gasteiger partial charge in [-0.3, -0.25) is 9.59 Å². The van der Waals surface area contributed by atoms with Crippen molar-refractivity contribution in [2.45, 2.75) is 44.7 Å². The third-order valence-electron chi connectivity index (χ3n) is 6.11. The first-order valence-corrected chi connectivity index (χ1v) is 10.5. The van der Waals surface area contributed by atoms with Gasteiger partial charge in [0, 0.05) is 11.6 Å². The van der Waals surface area contributed by atoms with E-state index in [0.717, 1.165) is 36.8 Å². The highest BCUT2D eigenvalue weighted by molar-refractivity contribution is 6.46. The molecule has 0 bridgehead atoms. The highest BCUT2D eigenvalue weighted by Gasteiger charge is 2.49. The van der Waals surface area contributed by atoms with Crippen LogP contribution in [0.25, 0.3) is 5.76 Å². The Morgan fingerprint density at radius 2 is 1.83 bits per heavy atom. The lowest BCUT2D eigenvalue weighted by molar-refractivity contribution is -0.141. The second-order valence-corrected chi connectivity index (χ2v) is 8.26. The number of amides is 1. The molecule has 1 N–H and O–H groups in total. The van der Waals surface area contributed by atoms with E-state index in [1.165, 1.54) is 7.11 Å². The highest BCUT2D eigenvalue weighted by atomic mass is 35.5. The van der Waals surface area contributed by atoms with Crippen LogP contribution in [0.4, 0.5) is 0 Å². The molecule has 1 saturated heterocycles. The van der Waals surface area contributed by atoms with Gasteiger partial charge in [0.05, 0.1) is 23.7 Å². The van der Waals surface area contributed by atoms with Crippen molar-refractivity contribution in [2.75, 3.05) is 7.11 Å². The number of likely N-dealkylation sites (tertiary alicyclic amines) is 1. The maximum Gasteiger partial charge on any atom is 0.295 e. The lowest BCUT2D eigenvalue weighted by Crippen LogP contribution is -2.37. The van der Waals surface area contributed by atoms with Crippen molar-refractivity contribution >= 4 is 29.1 Å². The number of Topliss-reactive ketones (excluding diaryl/α,β-unsaturated/α-hetero) is 1. The summed E-state index contributed by atoms with van der Waals surface area (Å²) >= 11 is 6.24. The molecule has 2 aliphatic rings. The van der Waals surface area contributed by atoms with Crippen molar-refractivity contribution < 1.29 is 19.4 Å². The lowest BCUT2D eigenvalue weighted by atomic mass is 9.92. The van der Waals surface area contributed by atoms with Crippen molar-refractivity contribution in [1.82, 2.24) is 4.90 Å². The van der Waals surface area contributed by atoms with Gasteiger partial charge in [0.1, 0.15) is 11.5 Å². The molecule has 5 nitrogen and oxygen atoms in total. The molecule has 2 fully saturated rings. The van der Waals surface area contributed by atoms with E-state index in [1.807, 2.05) is 31.2 Å². The van der Waals surface area contributed by atoms with E-state index in [9.17, 15) is 14.7 Å². The topological polar surface area (TPSA) is 66.8 Å². The first-order chi connectivity index (χ1) is 14.4. The van der Waals surface area contributed by atoms with Crippen LogP contribution in [0.5, 0.6) is 5.75 Å². The zero-order chi connectivity index (χ0) is 21.4. The second-order valence-electron chi connectivity index (χ2n) is 7.85. The Morgan fingerprint density at radius 3 is 2.47 bits per heavy atom. The van der Waals surface area contributed by atoms with Crippen LogP contribution < -0.4 is 4.74 Å². The Hall–Kier alpha value is -2.79. The van der Waals surface area contributed by atoms with Gasteiger partial charge in [0.2, 0.25) is 0 Å². The largest absolute Gasteiger partial charge is 0.507 e. The van der Waals surface area contributed by atoms with Crippen LogP contribution in [0.2, 0.25) is 5.02 Å². The minimum Gasteiger partial charge on any atom is -0.507 e. The van der Waals surface area contributed by atoms with Gasteiger partial charge < -0.3 is 14.7 Å². The molecule has 6 heteroatoms. The van der Waals surface area contributed by atoms with E-state index >= 15 is 0 Å². The fraction of sp³-hybridized carbons (Fsp3) is 0.333. The molecule has 1 amide bonds. The average Bonchev–Trinajstić information content (AvgIpc) is 3.35. The van der Waals surface area contributed by atoms with Crippen molar-refractivity contribution in [3.8, 4) is 5.75 Å². The minimum absolute atomic E-state index is 0.00388. The van der Waals surface area contributed by atoms with Gasteiger partial charge in [-0.25, -0.2) is 0 Å². The zero-order valence-electron chi connectivity index (χ0n) is 17.0. The van der Waals surface area contributed by atoms with Gasteiger partial charge in [-0.1, -0.05) is 48.7 Å². The summed E-state index contributed by atoms with van der Waals surface area (Å²) < 4.78 is 5.18. The van der Waals surface area contributed by atoms with Crippen molar-refractivity contribution in [3.63, 3.8) is 0 Å². The fourth-order valence-corrected chi connectivity index (χ4v) is 4.83. The molecule has 2 aromatic rings.